The molecule has 0 unspecified atom stereocenters. The summed E-state index contributed by atoms with van der Waals surface area (Å²) < 4.78 is 4.79. The third kappa shape index (κ3) is 5.56. The van der Waals surface area contributed by atoms with Gasteiger partial charge >= 0.3 is 5.97 Å². The smallest absolute Gasteiger partial charge is 0.338 e. The van der Waals surface area contributed by atoms with Crippen molar-refractivity contribution in [2.45, 2.75) is 6.92 Å². The molecule has 0 bridgehead atoms. The van der Waals surface area contributed by atoms with E-state index in [0.29, 0.717) is 12.2 Å². The fourth-order valence-corrected chi connectivity index (χ4v) is 2.63. The normalized spacial score (nSPS) is 9.83. The maximum absolute atomic E-state index is 11.0. The lowest BCUT2D eigenvalue weighted by atomic mass is 10.1. The highest BCUT2D eigenvalue weighted by Gasteiger charge is 2.09. The van der Waals surface area contributed by atoms with Gasteiger partial charge in [-0.1, -0.05) is 30.3 Å². The van der Waals surface area contributed by atoms with E-state index in [2.05, 4.69) is 15.0 Å². The van der Waals surface area contributed by atoms with Crippen LogP contribution in [0.15, 0.2) is 97.5 Å². The molecule has 4 aromatic rings. The molecule has 0 radical (unpaired) electrons. The second-order valence-corrected chi connectivity index (χ2v) is 5.92. The van der Waals surface area contributed by atoms with Crippen LogP contribution in [0.4, 0.5) is 0 Å². The van der Waals surface area contributed by atoms with Crippen LogP contribution in [-0.2, 0) is 4.74 Å². The molecule has 0 saturated heterocycles. The molecule has 29 heavy (non-hydrogen) atoms. The van der Waals surface area contributed by atoms with E-state index in [1.54, 1.807) is 37.6 Å². The number of pyridine rings is 3. The molecular weight excluding hydrogens is 362 g/mol. The first-order valence-corrected chi connectivity index (χ1v) is 9.29. The molecule has 144 valence electrons. The van der Waals surface area contributed by atoms with Crippen molar-refractivity contribution in [3.8, 4) is 22.6 Å². The van der Waals surface area contributed by atoms with E-state index in [0.717, 1.165) is 22.6 Å². The fourth-order valence-electron chi connectivity index (χ4n) is 2.63. The number of carbonyl (C=O) groups is 1. The molecule has 5 heteroatoms. The van der Waals surface area contributed by atoms with Crippen LogP contribution in [0, 0.1) is 0 Å². The quantitative estimate of drug-likeness (QED) is 0.460. The number of nitrogens with zero attached hydrogens (tertiary/aromatic N) is 3. The summed E-state index contributed by atoms with van der Waals surface area (Å²) >= 11 is 0. The number of esters is 1. The Morgan fingerprint density at radius 3 is 1.97 bits per heavy atom. The highest BCUT2D eigenvalue weighted by atomic mass is 16.5. The molecular formula is C24H21N3O2. The number of carbonyl (C=O) groups excluding carboxylic acids is 1. The van der Waals surface area contributed by atoms with E-state index < -0.39 is 0 Å². The van der Waals surface area contributed by atoms with Crippen LogP contribution in [-0.4, -0.2) is 27.5 Å². The highest BCUT2D eigenvalue weighted by Crippen LogP contribution is 2.26. The zero-order chi connectivity index (χ0) is 20.3. The first kappa shape index (κ1) is 19.9. The van der Waals surface area contributed by atoms with Gasteiger partial charge in [-0.15, -0.1) is 0 Å². The summed E-state index contributed by atoms with van der Waals surface area (Å²) in [7, 11) is 0. The molecule has 0 aliphatic heterocycles. The van der Waals surface area contributed by atoms with Crippen LogP contribution >= 0.6 is 0 Å². The van der Waals surface area contributed by atoms with Gasteiger partial charge < -0.3 is 4.74 Å². The second-order valence-electron chi connectivity index (χ2n) is 5.92. The molecule has 3 heterocycles. The minimum absolute atomic E-state index is 0.256. The van der Waals surface area contributed by atoms with Crippen molar-refractivity contribution in [3.63, 3.8) is 0 Å². The van der Waals surface area contributed by atoms with E-state index in [1.165, 1.54) is 0 Å². The van der Waals surface area contributed by atoms with Crippen molar-refractivity contribution in [3.05, 3.63) is 103 Å². The molecule has 0 N–H and O–H groups in total. The Morgan fingerprint density at radius 2 is 1.34 bits per heavy atom. The summed E-state index contributed by atoms with van der Waals surface area (Å²) in [6.07, 6.45) is 5.33. The molecule has 0 spiro atoms. The molecule has 0 amide bonds. The van der Waals surface area contributed by atoms with Crippen LogP contribution in [0.1, 0.15) is 17.3 Å². The maximum atomic E-state index is 11.0. The Morgan fingerprint density at radius 1 is 0.724 bits per heavy atom. The predicted octanol–water partition coefficient (Wildman–Crippen LogP) is 5.07. The van der Waals surface area contributed by atoms with E-state index in [4.69, 9.17) is 4.74 Å². The minimum Gasteiger partial charge on any atom is -0.462 e. The Balaban J connectivity index is 0.000000188. The van der Waals surface area contributed by atoms with Gasteiger partial charge in [-0.2, -0.15) is 0 Å². The van der Waals surface area contributed by atoms with Crippen LogP contribution < -0.4 is 0 Å². The topological polar surface area (TPSA) is 65.0 Å². The van der Waals surface area contributed by atoms with Crippen LogP contribution in [0.2, 0.25) is 0 Å². The second kappa shape index (κ2) is 10.5. The maximum Gasteiger partial charge on any atom is 0.338 e. The van der Waals surface area contributed by atoms with Gasteiger partial charge in [0, 0.05) is 24.2 Å². The number of aromatic nitrogens is 3. The third-order valence-corrected chi connectivity index (χ3v) is 3.94. The highest BCUT2D eigenvalue weighted by molar-refractivity contribution is 5.89. The Hall–Kier alpha value is -3.86. The van der Waals surface area contributed by atoms with Gasteiger partial charge in [0.15, 0.2) is 0 Å². The fraction of sp³-hybridized carbons (Fsp3) is 0.0833. The Bertz CT molecular complexity index is 965. The van der Waals surface area contributed by atoms with Crippen molar-refractivity contribution < 1.29 is 9.53 Å². The van der Waals surface area contributed by atoms with Crippen LogP contribution in [0.5, 0.6) is 0 Å². The summed E-state index contributed by atoms with van der Waals surface area (Å²) in [6.45, 7) is 2.22. The van der Waals surface area contributed by atoms with Gasteiger partial charge in [0.2, 0.25) is 0 Å². The number of hydrogen-bond donors (Lipinski definition) is 0. The van der Waals surface area contributed by atoms with Crippen molar-refractivity contribution in [2.75, 3.05) is 6.61 Å². The zero-order valence-electron chi connectivity index (χ0n) is 16.1. The molecule has 5 nitrogen and oxygen atoms in total. The monoisotopic (exact) mass is 383 g/mol. The van der Waals surface area contributed by atoms with Gasteiger partial charge in [-0.25, -0.2) is 4.79 Å². The first-order chi connectivity index (χ1) is 14.3. The third-order valence-electron chi connectivity index (χ3n) is 3.94. The van der Waals surface area contributed by atoms with E-state index in [9.17, 15) is 4.79 Å². The minimum atomic E-state index is -0.256. The summed E-state index contributed by atoms with van der Waals surface area (Å²) in [6, 6.07) is 24.5. The summed E-state index contributed by atoms with van der Waals surface area (Å²) in [4.78, 5) is 24.2. The van der Waals surface area contributed by atoms with Crippen LogP contribution in [0.25, 0.3) is 22.6 Å². The van der Waals surface area contributed by atoms with Gasteiger partial charge in [-0.3, -0.25) is 15.0 Å². The Labute approximate surface area is 170 Å². The van der Waals surface area contributed by atoms with Crippen molar-refractivity contribution in [1.82, 2.24) is 15.0 Å². The average Bonchev–Trinajstić information content (AvgIpc) is 2.81. The molecule has 0 saturated carbocycles. The number of ether oxygens (including phenoxy) is 1. The lowest BCUT2D eigenvalue weighted by molar-refractivity contribution is 0.0526. The molecule has 0 aliphatic rings. The van der Waals surface area contributed by atoms with E-state index in [-0.39, 0.29) is 5.97 Å². The van der Waals surface area contributed by atoms with E-state index >= 15 is 0 Å². The summed E-state index contributed by atoms with van der Waals surface area (Å²) in [5.74, 6) is -0.256. The molecule has 0 aliphatic carbocycles. The van der Waals surface area contributed by atoms with Crippen LogP contribution in [0.3, 0.4) is 0 Å². The van der Waals surface area contributed by atoms with Crippen molar-refractivity contribution in [2.24, 2.45) is 0 Å². The summed E-state index contributed by atoms with van der Waals surface area (Å²) in [5.41, 5.74) is 4.23. The summed E-state index contributed by atoms with van der Waals surface area (Å²) in [5, 5.41) is 0. The average molecular weight is 383 g/mol. The first-order valence-electron chi connectivity index (χ1n) is 9.29. The number of hydrogen-bond acceptors (Lipinski definition) is 5. The molecule has 0 fully saturated rings. The van der Waals surface area contributed by atoms with Gasteiger partial charge in [0.1, 0.15) is 0 Å². The zero-order valence-corrected chi connectivity index (χ0v) is 16.1. The molecule has 4 rings (SSSR count). The number of rotatable bonds is 4. The van der Waals surface area contributed by atoms with Crippen molar-refractivity contribution in [1.29, 1.82) is 0 Å². The standard InChI is InChI=1S/C15H11N3.C9H10O2/c1-3-9-16-13(7-1)12-6-5-11-18-15(12)14-8-2-4-10-17-14;1-2-11-9(10)8-6-4-3-5-7-8/h1-11H;3-7H,2H2,1H3. The molecule has 3 aromatic heterocycles. The van der Waals surface area contributed by atoms with E-state index in [1.807, 2.05) is 66.7 Å². The Kier molecular flexibility index (Phi) is 7.18. The van der Waals surface area contributed by atoms with Gasteiger partial charge in [0.25, 0.3) is 0 Å². The number of benzene rings is 1. The molecule has 1 aromatic carbocycles. The van der Waals surface area contributed by atoms with Gasteiger partial charge in [-0.05, 0) is 55.5 Å². The van der Waals surface area contributed by atoms with Gasteiger partial charge in [0.05, 0.1) is 29.3 Å². The van der Waals surface area contributed by atoms with Crippen molar-refractivity contribution >= 4 is 5.97 Å². The SMILES string of the molecule is CCOC(=O)c1ccccc1.c1ccc(-c2cccnc2-c2ccccn2)nc1. The molecule has 0 atom stereocenters. The lowest BCUT2D eigenvalue weighted by Crippen LogP contribution is -2.03. The predicted molar refractivity (Wildman–Crippen MR) is 113 cm³/mol. The lowest BCUT2D eigenvalue weighted by Gasteiger charge is -2.06. The largest absolute Gasteiger partial charge is 0.462 e.